The van der Waals surface area contributed by atoms with Crippen molar-refractivity contribution in [2.75, 3.05) is 0 Å². The fourth-order valence-corrected chi connectivity index (χ4v) is 3.87. The van der Waals surface area contributed by atoms with Crippen molar-refractivity contribution < 1.29 is 0 Å². The average Bonchev–Trinajstić information content (AvgIpc) is 1.59. The van der Waals surface area contributed by atoms with E-state index in [0.717, 1.165) is 0 Å². The second-order valence-electron chi connectivity index (χ2n) is 3.46. The Morgan fingerprint density at radius 3 is 1.88 bits per heavy atom. The molecule has 0 spiro atoms. The van der Waals surface area contributed by atoms with Crippen LogP contribution in [0.25, 0.3) is 0 Å². The molecule has 8 heavy (non-hydrogen) atoms. The molecule has 0 aromatic carbocycles. The van der Waals surface area contributed by atoms with Crippen LogP contribution in [0.15, 0.2) is 0 Å². The molecule has 0 unspecified atom stereocenters. The van der Waals surface area contributed by atoms with Crippen LogP contribution in [0.4, 0.5) is 0 Å². The molecule has 0 aliphatic heterocycles. The van der Waals surface area contributed by atoms with Gasteiger partial charge < -0.3 is 0 Å². The quantitative estimate of drug-likeness (QED) is 0.664. The van der Waals surface area contributed by atoms with Gasteiger partial charge in [-0.05, 0) is 0 Å². The van der Waals surface area contributed by atoms with Gasteiger partial charge in [-0.15, -0.1) is 0 Å². The zero-order valence-electron chi connectivity index (χ0n) is 6.49. The van der Waals surface area contributed by atoms with Crippen LogP contribution in [-0.2, 0) is 0 Å². The summed E-state index contributed by atoms with van der Waals surface area (Å²) in [6.07, 6.45) is 0. The van der Waals surface area contributed by atoms with Crippen molar-refractivity contribution in [1.82, 2.24) is 0 Å². The Morgan fingerprint density at radius 1 is 1.25 bits per heavy atom. The Morgan fingerprint density at radius 2 is 1.75 bits per heavy atom. The van der Waals surface area contributed by atoms with Gasteiger partial charge in [-0.25, -0.2) is 0 Å². The summed E-state index contributed by atoms with van der Waals surface area (Å²) >= 11 is -0.0729. The Hall–Kier alpha value is 0.870. The van der Waals surface area contributed by atoms with Crippen LogP contribution in [0.5, 0.6) is 0 Å². The Kier molecular flexibility index (Phi) is 4.23. The van der Waals surface area contributed by atoms with Crippen molar-refractivity contribution in [3.05, 3.63) is 0 Å². The molecule has 0 saturated heterocycles. The van der Waals surface area contributed by atoms with Crippen LogP contribution in [0.1, 0.15) is 27.7 Å². The maximum atomic E-state index is 2.34. The van der Waals surface area contributed by atoms with Gasteiger partial charge in [-0.3, -0.25) is 0 Å². The molecule has 1 radical (unpaired) electrons. The van der Waals surface area contributed by atoms with Crippen molar-refractivity contribution in [3.8, 4) is 0 Å². The fraction of sp³-hybridized carbons (Fsp3) is 1.00. The molecular weight excluding hydrogens is 199 g/mol. The average molecular weight is 215 g/mol. The molecular formula is C7H16In. The van der Waals surface area contributed by atoms with E-state index < -0.39 is 0 Å². The Labute approximate surface area is 64.4 Å². The second-order valence-corrected chi connectivity index (χ2v) is 8.61. The van der Waals surface area contributed by atoms with Gasteiger partial charge in [0.05, 0.1) is 0 Å². The number of hydrogen-bond donors (Lipinski definition) is 0. The molecule has 47 valence electrons. The predicted molar refractivity (Wildman–Crippen MR) is 40.5 cm³/mol. The van der Waals surface area contributed by atoms with E-state index in [2.05, 4.69) is 27.7 Å². The molecule has 0 nitrogen and oxygen atoms in total. The summed E-state index contributed by atoms with van der Waals surface area (Å²) in [7, 11) is 0. The van der Waals surface area contributed by atoms with Gasteiger partial charge in [0.25, 0.3) is 0 Å². The van der Waals surface area contributed by atoms with E-state index in [1.54, 1.807) is 4.18 Å². The number of hydrogen-bond acceptors (Lipinski definition) is 0. The molecule has 0 rings (SSSR count). The fourth-order valence-electron chi connectivity index (χ4n) is 0.577. The van der Waals surface area contributed by atoms with E-state index in [-0.39, 0.29) is 22.9 Å². The topological polar surface area (TPSA) is 0 Å². The van der Waals surface area contributed by atoms with Crippen LogP contribution in [-0.4, -0.2) is 22.9 Å². The summed E-state index contributed by atoms with van der Waals surface area (Å²) in [6, 6.07) is 0. The molecule has 0 amide bonds. The Balaban J connectivity index is 3.11. The first kappa shape index (κ1) is 8.87. The summed E-state index contributed by atoms with van der Waals surface area (Å²) < 4.78 is 3.08. The molecule has 0 N–H and O–H groups in total. The van der Waals surface area contributed by atoms with Gasteiger partial charge in [0.1, 0.15) is 0 Å². The van der Waals surface area contributed by atoms with E-state index >= 15 is 0 Å². The van der Waals surface area contributed by atoms with E-state index in [4.69, 9.17) is 0 Å². The molecule has 0 heterocycles. The summed E-state index contributed by atoms with van der Waals surface area (Å²) in [6.45, 7) is 9.35. The van der Waals surface area contributed by atoms with Crippen molar-refractivity contribution in [3.63, 3.8) is 0 Å². The van der Waals surface area contributed by atoms with E-state index in [1.165, 1.54) is 4.18 Å². The third-order valence-corrected chi connectivity index (χ3v) is 7.01. The summed E-state index contributed by atoms with van der Waals surface area (Å²) in [5.74, 6) is 0. The van der Waals surface area contributed by atoms with Crippen molar-refractivity contribution in [1.29, 1.82) is 0 Å². The summed E-state index contributed by atoms with van der Waals surface area (Å²) in [4.78, 5) is 0. The van der Waals surface area contributed by atoms with E-state index in [1.807, 2.05) is 0 Å². The summed E-state index contributed by atoms with van der Waals surface area (Å²) in [5.41, 5.74) is 0.636. The molecule has 0 atom stereocenters. The monoisotopic (exact) mass is 215 g/mol. The van der Waals surface area contributed by atoms with Gasteiger partial charge in [0, 0.05) is 0 Å². The maximum absolute atomic E-state index is 2.34. The predicted octanol–water partition coefficient (Wildman–Crippen LogP) is 2.59. The van der Waals surface area contributed by atoms with Crippen molar-refractivity contribution in [2.24, 2.45) is 5.41 Å². The molecule has 0 aliphatic rings. The molecule has 0 aliphatic carbocycles. The van der Waals surface area contributed by atoms with Gasteiger partial charge >= 0.3 is 64.4 Å². The summed E-state index contributed by atoms with van der Waals surface area (Å²) in [5, 5.41) is 0. The van der Waals surface area contributed by atoms with Crippen LogP contribution >= 0.6 is 0 Å². The van der Waals surface area contributed by atoms with Crippen LogP contribution < -0.4 is 0 Å². The van der Waals surface area contributed by atoms with Gasteiger partial charge in [0.15, 0.2) is 0 Å². The van der Waals surface area contributed by atoms with E-state index in [0.29, 0.717) is 5.41 Å². The zero-order chi connectivity index (χ0) is 6.62. The molecule has 0 bridgehead atoms. The van der Waals surface area contributed by atoms with Crippen LogP contribution in [0, 0.1) is 5.41 Å². The van der Waals surface area contributed by atoms with Crippen LogP contribution in [0.3, 0.4) is 0 Å². The first-order valence-corrected chi connectivity index (χ1v) is 8.04. The molecule has 0 aromatic heterocycles. The minimum atomic E-state index is -0.0729. The van der Waals surface area contributed by atoms with Crippen molar-refractivity contribution >= 4 is 22.9 Å². The molecule has 0 fully saturated rings. The molecule has 1 heteroatoms. The minimum absolute atomic E-state index is 0.0729. The standard InChI is InChI=1S/C5H11.C2H5.In/c1-5(2,3)4;1-2;/h1H2,2-4H3;1H2,2H3;. The van der Waals surface area contributed by atoms with Crippen molar-refractivity contribution in [2.45, 2.75) is 36.0 Å². The van der Waals surface area contributed by atoms with E-state index in [9.17, 15) is 0 Å². The van der Waals surface area contributed by atoms with Gasteiger partial charge in [-0.1, -0.05) is 0 Å². The van der Waals surface area contributed by atoms with Gasteiger partial charge in [0.2, 0.25) is 0 Å². The van der Waals surface area contributed by atoms with Gasteiger partial charge in [-0.2, -0.15) is 0 Å². The molecule has 0 aromatic rings. The molecule has 0 saturated carbocycles. The Bertz CT molecular complexity index is 51.9. The normalized spacial score (nSPS) is 11.5. The zero-order valence-corrected chi connectivity index (χ0v) is 9.79. The van der Waals surface area contributed by atoms with Crippen LogP contribution in [0.2, 0.25) is 8.35 Å². The third kappa shape index (κ3) is 6.87. The third-order valence-electron chi connectivity index (χ3n) is 1.05. The SMILES string of the molecule is C[CH2][In][CH2]C(C)(C)C. The first-order chi connectivity index (χ1) is 3.56. The second kappa shape index (κ2) is 3.81. The number of rotatable bonds is 2. The first-order valence-electron chi connectivity index (χ1n) is 3.38.